The van der Waals surface area contributed by atoms with Crippen molar-refractivity contribution >= 4 is 18.0 Å². The van der Waals surface area contributed by atoms with Crippen LogP contribution in [-0.4, -0.2) is 28.4 Å². The monoisotopic (exact) mass is 273 g/mol. The topological polar surface area (TPSA) is 57.6 Å². The molecule has 0 aliphatic carbocycles. The van der Waals surface area contributed by atoms with Crippen molar-refractivity contribution in [2.24, 2.45) is 5.92 Å². The predicted octanol–water partition coefficient (Wildman–Crippen LogP) is 2.54. The molecule has 1 aliphatic heterocycles. The summed E-state index contributed by atoms with van der Waals surface area (Å²) in [6.07, 6.45) is 4.36. The van der Waals surface area contributed by atoms with E-state index in [0.29, 0.717) is 18.9 Å². The number of carboxylic acid groups (broad SMARTS) is 1. The summed E-state index contributed by atoms with van der Waals surface area (Å²) in [5.41, 5.74) is 1.87. The summed E-state index contributed by atoms with van der Waals surface area (Å²) < 4.78 is 0. The van der Waals surface area contributed by atoms with Crippen LogP contribution in [0.3, 0.4) is 0 Å². The Balaban J connectivity index is 2.05. The molecule has 1 fully saturated rings. The molecular formula is C16H19NO3. The lowest BCUT2D eigenvalue weighted by Gasteiger charge is -2.16. The van der Waals surface area contributed by atoms with Gasteiger partial charge in [0.25, 0.3) is 0 Å². The van der Waals surface area contributed by atoms with Gasteiger partial charge in [-0.25, -0.2) is 4.79 Å². The summed E-state index contributed by atoms with van der Waals surface area (Å²) in [6, 6.07) is 7.62. The highest BCUT2D eigenvalue weighted by Crippen LogP contribution is 2.22. The van der Waals surface area contributed by atoms with Crippen LogP contribution in [0.1, 0.15) is 30.9 Å². The lowest BCUT2D eigenvalue weighted by atomic mass is 10.1. The van der Waals surface area contributed by atoms with E-state index >= 15 is 0 Å². The average molecular weight is 273 g/mol. The van der Waals surface area contributed by atoms with Crippen LogP contribution in [0.2, 0.25) is 0 Å². The summed E-state index contributed by atoms with van der Waals surface area (Å²) in [5, 5.41) is 8.63. The van der Waals surface area contributed by atoms with Crippen molar-refractivity contribution in [2.45, 2.75) is 26.3 Å². The summed E-state index contributed by atoms with van der Waals surface area (Å²) in [6.45, 7) is 3.54. The van der Waals surface area contributed by atoms with Gasteiger partial charge in [0.15, 0.2) is 0 Å². The van der Waals surface area contributed by atoms with Crippen molar-refractivity contribution in [2.75, 3.05) is 6.54 Å². The molecule has 1 unspecified atom stereocenters. The van der Waals surface area contributed by atoms with Crippen LogP contribution in [0, 0.1) is 5.92 Å². The van der Waals surface area contributed by atoms with Crippen molar-refractivity contribution in [1.82, 2.24) is 4.90 Å². The highest BCUT2D eigenvalue weighted by atomic mass is 16.4. The molecular weight excluding hydrogens is 254 g/mol. The summed E-state index contributed by atoms with van der Waals surface area (Å²) in [4.78, 5) is 24.3. The normalized spacial score (nSPS) is 18.9. The van der Waals surface area contributed by atoms with Crippen LogP contribution >= 0.6 is 0 Å². The van der Waals surface area contributed by atoms with Gasteiger partial charge < -0.3 is 10.0 Å². The number of aliphatic carboxylic acids is 1. The molecule has 1 N–H and O–H groups in total. The molecule has 106 valence electrons. The smallest absolute Gasteiger partial charge is 0.328 e. The maximum atomic E-state index is 11.9. The first-order chi connectivity index (χ1) is 9.58. The molecule has 20 heavy (non-hydrogen) atoms. The van der Waals surface area contributed by atoms with Gasteiger partial charge in [0.2, 0.25) is 5.91 Å². The third-order valence-corrected chi connectivity index (χ3v) is 3.61. The van der Waals surface area contributed by atoms with Crippen LogP contribution < -0.4 is 0 Å². The van der Waals surface area contributed by atoms with E-state index in [0.717, 1.165) is 30.2 Å². The number of carboxylic acids is 1. The standard InChI is InChI=1S/C16H19NO3/c1-2-12-9-15(18)17(10-12)11-14-5-3-4-13(8-14)6-7-16(19)20/h3-8,12H,2,9-11H2,1H3,(H,19,20)/b7-6+. The van der Waals surface area contributed by atoms with E-state index in [4.69, 9.17) is 5.11 Å². The highest BCUT2D eigenvalue weighted by molar-refractivity contribution is 5.85. The third-order valence-electron chi connectivity index (χ3n) is 3.61. The largest absolute Gasteiger partial charge is 0.478 e. The number of hydrogen-bond acceptors (Lipinski definition) is 2. The number of likely N-dealkylation sites (tertiary alicyclic amines) is 1. The molecule has 0 radical (unpaired) electrons. The molecule has 1 amide bonds. The van der Waals surface area contributed by atoms with E-state index in [1.807, 2.05) is 29.2 Å². The van der Waals surface area contributed by atoms with E-state index in [2.05, 4.69) is 6.92 Å². The molecule has 1 saturated heterocycles. The second-order valence-corrected chi connectivity index (χ2v) is 5.17. The Morgan fingerprint density at radius 2 is 2.30 bits per heavy atom. The Labute approximate surface area is 118 Å². The summed E-state index contributed by atoms with van der Waals surface area (Å²) in [5.74, 6) is -0.281. The number of hydrogen-bond donors (Lipinski definition) is 1. The molecule has 0 aromatic heterocycles. The molecule has 1 aromatic carbocycles. The molecule has 0 saturated carbocycles. The second-order valence-electron chi connectivity index (χ2n) is 5.17. The van der Waals surface area contributed by atoms with Crippen LogP contribution in [0.5, 0.6) is 0 Å². The molecule has 1 aliphatic rings. The number of carbonyl (C=O) groups is 2. The van der Waals surface area contributed by atoms with Gasteiger partial charge in [-0.3, -0.25) is 4.79 Å². The predicted molar refractivity (Wildman–Crippen MR) is 76.9 cm³/mol. The molecule has 0 spiro atoms. The van der Waals surface area contributed by atoms with Gasteiger partial charge in [-0.2, -0.15) is 0 Å². The van der Waals surface area contributed by atoms with E-state index in [-0.39, 0.29) is 5.91 Å². The zero-order valence-corrected chi connectivity index (χ0v) is 11.6. The SMILES string of the molecule is CCC1CC(=O)N(Cc2cccc(/C=C/C(=O)O)c2)C1. The first-order valence-corrected chi connectivity index (χ1v) is 6.86. The van der Waals surface area contributed by atoms with E-state index in [1.54, 1.807) is 6.08 Å². The van der Waals surface area contributed by atoms with E-state index < -0.39 is 5.97 Å². The zero-order valence-electron chi connectivity index (χ0n) is 11.6. The van der Waals surface area contributed by atoms with Crippen molar-refractivity contribution < 1.29 is 14.7 Å². The Morgan fingerprint density at radius 1 is 1.50 bits per heavy atom. The van der Waals surface area contributed by atoms with Crippen molar-refractivity contribution in [3.8, 4) is 0 Å². The maximum Gasteiger partial charge on any atom is 0.328 e. The minimum atomic E-state index is -0.962. The Kier molecular flexibility index (Phi) is 4.56. The number of carbonyl (C=O) groups excluding carboxylic acids is 1. The lowest BCUT2D eigenvalue weighted by molar-refractivity contribution is -0.131. The fourth-order valence-corrected chi connectivity index (χ4v) is 2.46. The van der Waals surface area contributed by atoms with Crippen LogP contribution in [0.15, 0.2) is 30.3 Å². The van der Waals surface area contributed by atoms with Gasteiger partial charge in [-0.15, -0.1) is 0 Å². The second kappa shape index (κ2) is 6.37. The molecule has 1 atom stereocenters. The van der Waals surface area contributed by atoms with Crippen molar-refractivity contribution in [1.29, 1.82) is 0 Å². The quantitative estimate of drug-likeness (QED) is 0.839. The van der Waals surface area contributed by atoms with Gasteiger partial charge in [0.1, 0.15) is 0 Å². The van der Waals surface area contributed by atoms with Gasteiger partial charge in [-0.1, -0.05) is 31.5 Å². The van der Waals surface area contributed by atoms with E-state index in [9.17, 15) is 9.59 Å². The third kappa shape index (κ3) is 3.70. The summed E-state index contributed by atoms with van der Waals surface area (Å²) >= 11 is 0. The number of benzene rings is 1. The zero-order chi connectivity index (χ0) is 14.5. The van der Waals surface area contributed by atoms with Gasteiger partial charge >= 0.3 is 5.97 Å². The first kappa shape index (κ1) is 14.3. The fraction of sp³-hybridized carbons (Fsp3) is 0.375. The highest BCUT2D eigenvalue weighted by Gasteiger charge is 2.27. The van der Waals surface area contributed by atoms with Gasteiger partial charge in [-0.05, 0) is 29.2 Å². The number of rotatable bonds is 5. The molecule has 4 nitrogen and oxygen atoms in total. The Hall–Kier alpha value is -2.10. The molecule has 4 heteroatoms. The van der Waals surface area contributed by atoms with Crippen molar-refractivity contribution in [3.05, 3.63) is 41.5 Å². The molecule has 1 heterocycles. The minimum absolute atomic E-state index is 0.211. The summed E-state index contributed by atoms with van der Waals surface area (Å²) in [7, 11) is 0. The first-order valence-electron chi connectivity index (χ1n) is 6.86. The molecule has 0 bridgehead atoms. The molecule has 1 aromatic rings. The maximum absolute atomic E-state index is 11.9. The average Bonchev–Trinajstić information content (AvgIpc) is 2.78. The van der Waals surface area contributed by atoms with Crippen LogP contribution in [0.4, 0.5) is 0 Å². The lowest BCUT2D eigenvalue weighted by Crippen LogP contribution is -2.24. The van der Waals surface area contributed by atoms with E-state index in [1.165, 1.54) is 0 Å². The minimum Gasteiger partial charge on any atom is -0.478 e. The van der Waals surface area contributed by atoms with Crippen molar-refractivity contribution in [3.63, 3.8) is 0 Å². The van der Waals surface area contributed by atoms with Crippen LogP contribution in [-0.2, 0) is 16.1 Å². The fourth-order valence-electron chi connectivity index (χ4n) is 2.46. The Bertz CT molecular complexity index is 536. The molecule has 2 rings (SSSR count). The number of nitrogens with zero attached hydrogens (tertiary/aromatic N) is 1. The number of amides is 1. The van der Waals surface area contributed by atoms with Crippen LogP contribution in [0.25, 0.3) is 6.08 Å². The Morgan fingerprint density at radius 3 is 2.95 bits per heavy atom. The van der Waals surface area contributed by atoms with Gasteiger partial charge in [0, 0.05) is 25.6 Å². The van der Waals surface area contributed by atoms with Gasteiger partial charge in [0.05, 0.1) is 0 Å².